The predicted octanol–water partition coefficient (Wildman–Crippen LogP) is 1.96. The number of likely N-dealkylation sites (tertiary alicyclic amines) is 1. The lowest BCUT2D eigenvalue weighted by molar-refractivity contribution is 0.217. The second-order valence-electron chi connectivity index (χ2n) is 5.64. The summed E-state index contributed by atoms with van der Waals surface area (Å²) in [5, 5.41) is 0. The SMILES string of the molecule is CC1=CC=CCc2c1[nH]c(=O)n2C1CCN(C)CC1. The van der Waals surface area contributed by atoms with E-state index >= 15 is 0 Å². The molecule has 0 saturated carbocycles. The summed E-state index contributed by atoms with van der Waals surface area (Å²) in [4.78, 5) is 17.7. The zero-order valence-corrected chi connectivity index (χ0v) is 11.6. The molecule has 19 heavy (non-hydrogen) atoms. The average Bonchev–Trinajstić information content (AvgIpc) is 2.62. The van der Waals surface area contributed by atoms with E-state index in [-0.39, 0.29) is 5.69 Å². The number of hydrogen-bond acceptors (Lipinski definition) is 2. The Balaban J connectivity index is 2.01. The zero-order valence-electron chi connectivity index (χ0n) is 11.6. The Bertz CT molecular complexity index is 583. The minimum atomic E-state index is 0.0580. The van der Waals surface area contributed by atoms with Crippen molar-refractivity contribution >= 4 is 5.57 Å². The molecule has 3 rings (SSSR count). The van der Waals surface area contributed by atoms with Gasteiger partial charge in [-0.05, 0) is 45.5 Å². The second-order valence-corrected chi connectivity index (χ2v) is 5.64. The maximum atomic E-state index is 12.3. The van der Waals surface area contributed by atoms with Gasteiger partial charge < -0.3 is 9.88 Å². The number of rotatable bonds is 1. The van der Waals surface area contributed by atoms with Gasteiger partial charge in [0.15, 0.2) is 0 Å². The van der Waals surface area contributed by atoms with Crippen LogP contribution in [-0.4, -0.2) is 34.6 Å². The van der Waals surface area contributed by atoms with Gasteiger partial charge in [-0.2, -0.15) is 0 Å². The van der Waals surface area contributed by atoms with Crippen molar-refractivity contribution in [3.63, 3.8) is 0 Å². The molecular weight excluding hydrogens is 238 g/mol. The largest absolute Gasteiger partial charge is 0.326 e. The van der Waals surface area contributed by atoms with Crippen LogP contribution in [0.25, 0.3) is 5.57 Å². The van der Waals surface area contributed by atoms with Gasteiger partial charge in [-0.3, -0.25) is 4.57 Å². The molecule has 0 spiro atoms. The van der Waals surface area contributed by atoms with Gasteiger partial charge in [-0.1, -0.05) is 18.2 Å². The number of allylic oxidation sites excluding steroid dienone is 4. The topological polar surface area (TPSA) is 41.0 Å². The molecule has 0 unspecified atom stereocenters. The molecule has 1 aromatic heterocycles. The highest BCUT2D eigenvalue weighted by molar-refractivity contribution is 5.65. The molecule has 1 aromatic rings. The predicted molar refractivity (Wildman–Crippen MR) is 77.3 cm³/mol. The van der Waals surface area contributed by atoms with Crippen molar-refractivity contribution in [3.05, 3.63) is 40.1 Å². The first-order chi connectivity index (χ1) is 9.16. The van der Waals surface area contributed by atoms with Crippen LogP contribution in [0.3, 0.4) is 0 Å². The molecule has 0 atom stereocenters. The number of imidazole rings is 1. The molecule has 1 fully saturated rings. The third-order valence-corrected chi connectivity index (χ3v) is 4.27. The number of aromatic amines is 1. The van der Waals surface area contributed by atoms with Gasteiger partial charge in [0.1, 0.15) is 0 Å². The molecule has 2 aliphatic rings. The molecule has 0 radical (unpaired) electrons. The number of piperidine rings is 1. The highest BCUT2D eigenvalue weighted by Crippen LogP contribution is 2.26. The monoisotopic (exact) mass is 259 g/mol. The van der Waals surface area contributed by atoms with Crippen molar-refractivity contribution in [2.24, 2.45) is 0 Å². The van der Waals surface area contributed by atoms with E-state index in [1.165, 1.54) is 0 Å². The third-order valence-electron chi connectivity index (χ3n) is 4.27. The average molecular weight is 259 g/mol. The summed E-state index contributed by atoms with van der Waals surface area (Å²) in [5.74, 6) is 0. The van der Waals surface area contributed by atoms with E-state index in [1.807, 2.05) is 4.57 Å². The van der Waals surface area contributed by atoms with Crippen LogP contribution in [0.4, 0.5) is 0 Å². The standard InChI is InChI=1S/C15H21N3O/c1-11-5-3-4-6-13-14(11)16-15(19)18(13)12-7-9-17(2)10-8-12/h3-5,12H,6-10H2,1-2H3,(H,16,19). The van der Waals surface area contributed by atoms with Gasteiger partial charge in [-0.25, -0.2) is 4.79 Å². The Morgan fingerprint density at radius 3 is 2.79 bits per heavy atom. The van der Waals surface area contributed by atoms with Gasteiger partial charge in [0.05, 0.1) is 11.4 Å². The van der Waals surface area contributed by atoms with Crippen molar-refractivity contribution in [1.82, 2.24) is 14.5 Å². The van der Waals surface area contributed by atoms with E-state index in [2.05, 4.69) is 42.1 Å². The quantitative estimate of drug-likeness (QED) is 0.837. The Kier molecular flexibility index (Phi) is 3.19. The summed E-state index contributed by atoms with van der Waals surface area (Å²) in [6.45, 7) is 4.20. The Morgan fingerprint density at radius 2 is 2.05 bits per heavy atom. The molecule has 0 amide bonds. The highest BCUT2D eigenvalue weighted by Gasteiger charge is 2.24. The lowest BCUT2D eigenvalue weighted by Gasteiger charge is -2.30. The number of hydrogen-bond donors (Lipinski definition) is 1. The van der Waals surface area contributed by atoms with Crippen LogP contribution in [0.5, 0.6) is 0 Å². The summed E-state index contributed by atoms with van der Waals surface area (Å²) in [5.41, 5.74) is 3.38. The van der Waals surface area contributed by atoms with Crippen molar-refractivity contribution in [3.8, 4) is 0 Å². The van der Waals surface area contributed by atoms with Crippen LogP contribution in [0.15, 0.2) is 23.0 Å². The van der Waals surface area contributed by atoms with Crippen LogP contribution in [0.1, 0.15) is 37.2 Å². The minimum absolute atomic E-state index is 0.0580. The molecule has 1 N–H and O–H groups in total. The molecular formula is C15H21N3O. The van der Waals surface area contributed by atoms with Gasteiger partial charge >= 0.3 is 5.69 Å². The maximum absolute atomic E-state index is 12.3. The summed E-state index contributed by atoms with van der Waals surface area (Å²) >= 11 is 0. The molecule has 4 nitrogen and oxygen atoms in total. The molecule has 0 bridgehead atoms. The molecule has 1 saturated heterocycles. The number of aromatic nitrogens is 2. The second kappa shape index (κ2) is 4.85. The van der Waals surface area contributed by atoms with Crippen molar-refractivity contribution in [2.75, 3.05) is 20.1 Å². The fourth-order valence-corrected chi connectivity index (χ4v) is 3.12. The van der Waals surface area contributed by atoms with Crippen molar-refractivity contribution in [2.45, 2.75) is 32.2 Å². The van der Waals surface area contributed by atoms with Crippen molar-refractivity contribution in [1.29, 1.82) is 0 Å². The minimum Gasteiger partial charge on any atom is -0.306 e. The first-order valence-corrected chi connectivity index (χ1v) is 7.02. The number of H-pyrrole nitrogens is 1. The van der Waals surface area contributed by atoms with E-state index in [1.54, 1.807) is 0 Å². The van der Waals surface area contributed by atoms with E-state index < -0.39 is 0 Å². The molecule has 102 valence electrons. The first kappa shape index (κ1) is 12.5. The molecule has 2 heterocycles. The van der Waals surface area contributed by atoms with Gasteiger partial charge in [-0.15, -0.1) is 0 Å². The normalized spacial score (nSPS) is 21.1. The van der Waals surface area contributed by atoms with Crippen LogP contribution >= 0.6 is 0 Å². The molecule has 0 aromatic carbocycles. The summed E-state index contributed by atoms with van der Waals surface area (Å²) in [6, 6.07) is 0.350. The lowest BCUT2D eigenvalue weighted by Crippen LogP contribution is -2.35. The van der Waals surface area contributed by atoms with E-state index in [9.17, 15) is 4.79 Å². The fourth-order valence-electron chi connectivity index (χ4n) is 3.12. The van der Waals surface area contributed by atoms with Crippen LogP contribution in [0.2, 0.25) is 0 Å². The third kappa shape index (κ3) is 2.21. The molecule has 1 aliphatic carbocycles. The molecule has 4 heteroatoms. The maximum Gasteiger partial charge on any atom is 0.326 e. The van der Waals surface area contributed by atoms with Crippen LogP contribution < -0.4 is 5.69 Å². The smallest absolute Gasteiger partial charge is 0.306 e. The lowest BCUT2D eigenvalue weighted by atomic mass is 10.0. The first-order valence-electron chi connectivity index (χ1n) is 7.02. The van der Waals surface area contributed by atoms with E-state index in [0.717, 1.165) is 49.3 Å². The molecule has 1 aliphatic heterocycles. The zero-order chi connectivity index (χ0) is 13.4. The van der Waals surface area contributed by atoms with E-state index in [4.69, 9.17) is 0 Å². The number of nitrogens with zero attached hydrogens (tertiary/aromatic N) is 2. The van der Waals surface area contributed by atoms with Crippen LogP contribution in [0, 0.1) is 0 Å². The Hall–Kier alpha value is -1.55. The van der Waals surface area contributed by atoms with Crippen molar-refractivity contribution < 1.29 is 0 Å². The Morgan fingerprint density at radius 1 is 1.32 bits per heavy atom. The fraction of sp³-hybridized carbons (Fsp3) is 0.533. The summed E-state index contributed by atoms with van der Waals surface area (Å²) < 4.78 is 2.01. The highest BCUT2D eigenvalue weighted by atomic mass is 16.1. The number of fused-ring (bicyclic) bond motifs is 1. The van der Waals surface area contributed by atoms with Gasteiger partial charge in [0.2, 0.25) is 0 Å². The van der Waals surface area contributed by atoms with Gasteiger partial charge in [0.25, 0.3) is 0 Å². The Labute approximate surface area is 113 Å². The van der Waals surface area contributed by atoms with E-state index in [0.29, 0.717) is 6.04 Å². The summed E-state index contributed by atoms with van der Waals surface area (Å²) in [7, 11) is 2.15. The summed E-state index contributed by atoms with van der Waals surface area (Å²) in [6.07, 6.45) is 9.25. The number of nitrogens with one attached hydrogen (secondary N) is 1. The van der Waals surface area contributed by atoms with Gasteiger partial charge in [0, 0.05) is 12.5 Å². The van der Waals surface area contributed by atoms with Crippen LogP contribution in [-0.2, 0) is 6.42 Å².